The molecule has 0 saturated heterocycles. The molecular formula is C10H10N4O3. The molecule has 0 aliphatic rings. The normalized spacial score (nSPS) is 10.2. The number of aromatic hydroxyl groups is 1. The van der Waals surface area contributed by atoms with Gasteiger partial charge in [0, 0.05) is 11.8 Å². The first-order valence-electron chi connectivity index (χ1n) is 4.79. The highest BCUT2D eigenvalue weighted by Crippen LogP contribution is 2.19. The average Bonchev–Trinajstić information content (AvgIpc) is 2.58. The lowest BCUT2D eigenvalue weighted by Gasteiger charge is -2.02. The smallest absolute Gasteiger partial charge is 0.410 e. The van der Waals surface area contributed by atoms with E-state index in [1.165, 1.54) is 6.07 Å². The van der Waals surface area contributed by atoms with Crippen molar-refractivity contribution < 1.29 is 15.0 Å². The summed E-state index contributed by atoms with van der Waals surface area (Å²) >= 11 is 0. The standard InChI is InChI=1S/C10H10N4O3/c1-6-3-2-4-8(11-6)14-9(15)5-7(13-14)12-10(16)17/h2-5,15H,1H3,(H,12,13)(H,16,17). The van der Waals surface area contributed by atoms with Crippen molar-refractivity contribution in [1.82, 2.24) is 14.8 Å². The second kappa shape index (κ2) is 4.12. The zero-order valence-electron chi connectivity index (χ0n) is 8.95. The molecule has 7 nitrogen and oxygen atoms in total. The van der Waals surface area contributed by atoms with E-state index in [0.717, 1.165) is 10.4 Å². The Morgan fingerprint density at radius 3 is 2.88 bits per heavy atom. The fraction of sp³-hybridized carbons (Fsp3) is 0.100. The van der Waals surface area contributed by atoms with Gasteiger partial charge in [-0.05, 0) is 19.1 Å². The van der Waals surface area contributed by atoms with Crippen molar-refractivity contribution in [2.45, 2.75) is 6.92 Å². The van der Waals surface area contributed by atoms with Crippen molar-refractivity contribution in [2.24, 2.45) is 0 Å². The number of hydrogen-bond acceptors (Lipinski definition) is 4. The van der Waals surface area contributed by atoms with Crippen LogP contribution in [0.2, 0.25) is 0 Å². The van der Waals surface area contributed by atoms with E-state index in [1.807, 2.05) is 5.32 Å². The lowest BCUT2D eigenvalue weighted by atomic mass is 10.4. The molecule has 2 aromatic rings. The quantitative estimate of drug-likeness (QED) is 0.728. The fourth-order valence-electron chi connectivity index (χ4n) is 1.36. The number of carbonyl (C=O) groups is 1. The minimum Gasteiger partial charge on any atom is -0.493 e. The van der Waals surface area contributed by atoms with Crippen LogP contribution in [0.15, 0.2) is 24.3 Å². The van der Waals surface area contributed by atoms with Gasteiger partial charge in [0.2, 0.25) is 5.88 Å². The van der Waals surface area contributed by atoms with Gasteiger partial charge in [0.25, 0.3) is 0 Å². The Labute approximate surface area is 96.3 Å². The molecule has 0 atom stereocenters. The SMILES string of the molecule is Cc1cccc(-n2nc(NC(=O)O)cc2O)n1. The molecule has 1 amide bonds. The summed E-state index contributed by atoms with van der Waals surface area (Å²) in [7, 11) is 0. The molecule has 0 aliphatic heterocycles. The van der Waals surface area contributed by atoms with Gasteiger partial charge < -0.3 is 10.2 Å². The Kier molecular flexibility index (Phi) is 2.65. The second-order valence-corrected chi connectivity index (χ2v) is 3.37. The van der Waals surface area contributed by atoms with Crippen LogP contribution in [0.5, 0.6) is 5.88 Å². The average molecular weight is 234 g/mol. The molecule has 2 rings (SSSR count). The minimum atomic E-state index is -1.24. The molecule has 2 aromatic heterocycles. The first-order chi connectivity index (χ1) is 8.06. The van der Waals surface area contributed by atoms with Crippen LogP contribution in [0.3, 0.4) is 0 Å². The van der Waals surface area contributed by atoms with Gasteiger partial charge in [0.15, 0.2) is 11.6 Å². The van der Waals surface area contributed by atoms with E-state index in [9.17, 15) is 9.90 Å². The summed E-state index contributed by atoms with van der Waals surface area (Å²) < 4.78 is 1.15. The highest BCUT2D eigenvalue weighted by Gasteiger charge is 2.10. The van der Waals surface area contributed by atoms with Crippen molar-refractivity contribution in [1.29, 1.82) is 0 Å². The molecule has 0 unspecified atom stereocenters. The zero-order chi connectivity index (χ0) is 12.4. The van der Waals surface area contributed by atoms with E-state index in [-0.39, 0.29) is 11.7 Å². The predicted molar refractivity (Wildman–Crippen MR) is 59.4 cm³/mol. The number of pyridine rings is 1. The van der Waals surface area contributed by atoms with Crippen LogP contribution >= 0.6 is 0 Å². The molecule has 7 heteroatoms. The van der Waals surface area contributed by atoms with E-state index in [0.29, 0.717) is 5.82 Å². The lowest BCUT2D eigenvalue weighted by molar-refractivity contribution is 0.209. The Balaban J connectivity index is 2.39. The van der Waals surface area contributed by atoms with E-state index in [4.69, 9.17) is 5.11 Å². The number of aromatic nitrogens is 3. The van der Waals surface area contributed by atoms with E-state index >= 15 is 0 Å². The van der Waals surface area contributed by atoms with Crippen LogP contribution in [0, 0.1) is 6.92 Å². The molecular weight excluding hydrogens is 224 g/mol. The van der Waals surface area contributed by atoms with Crippen LogP contribution < -0.4 is 5.32 Å². The first-order valence-corrected chi connectivity index (χ1v) is 4.79. The molecule has 0 radical (unpaired) electrons. The Hall–Kier alpha value is -2.57. The number of hydrogen-bond donors (Lipinski definition) is 3. The van der Waals surface area contributed by atoms with Crippen LogP contribution in [-0.4, -0.2) is 31.1 Å². The molecule has 88 valence electrons. The van der Waals surface area contributed by atoms with Crippen molar-refractivity contribution >= 4 is 11.9 Å². The van der Waals surface area contributed by atoms with Gasteiger partial charge in [0.1, 0.15) is 0 Å². The topological polar surface area (TPSA) is 100 Å². The predicted octanol–water partition coefficient (Wildman–Crippen LogP) is 1.37. The summed E-state index contributed by atoms with van der Waals surface area (Å²) in [4.78, 5) is 14.6. The van der Waals surface area contributed by atoms with Gasteiger partial charge in [-0.2, -0.15) is 4.68 Å². The third-order valence-electron chi connectivity index (χ3n) is 2.02. The number of rotatable bonds is 2. The van der Waals surface area contributed by atoms with E-state index in [2.05, 4.69) is 10.1 Å². The minimum absolute atomic E-state index is 0.0401. The zero-order valence-corrected chi connectivity index (χ0v) is 8.95. The molecule has 0 bridgehead atoms. The summed E-state index contributed by atoms with van der Waals surface area (Å²) in [5, 5.41) is 24.1. The maximum Gasteiger partial charge on any atom is 0.410 e. The van der Waals surface area contributed by atoms with Crippen molar-refractivity contribution in [3.05, 3.63) is 30.0 Å². The largest absolute Gasteiger partial charge is 0.493 e. The maximum absolute atomic E-state index is 10.4. The number of aryl methyl sites for hydroxylation is 1. The monoisotopic (exact) mass is 234 g/mol. The van der Waals surface area contributed by atoms with Gasteiger partial charge in [-0.15, -0.1) is 5.10 Å². The summed E-state index contributed by atoms with van der Waals surface area (Å²) in [6.07, 6.45) is -1.24. The van der Waals surface area contributed by atoms with Gasteiger partial charge in [-0.3, -0.25) is 5.32 Å². The molecule has 2 heterocycles. The van der Waals surface area contributed by atoms with Crippen molar-refractivity contribution in [3.63, 3.8) is 0 Å². The Morgan fingerprint density at radius 1 is 1.47 bits per heavy atom. The highest BCUT2D eigenvalue weighted by molar-refractivity contribution is 5.81. The molecule has 0 aromatic carbocycles. The molecule has 0 fully saturated rings. The molecule has 0 spiro atoms. The molecule has 0 saturated carbocycles. The summed E-state index contributed by atoms with van der Waals surface area (Å²) in [5.41, 5.74) is 0.769. The van der Waals surface area contributed by atoms with E-state index < -0.39 is 6.09 Å². The van der Waals surface area contributed by atoms with Crippen LogP contribution in [0.1, 0.15) is 5.69 Å². The van der Waals surface area contributed by atoms with Crippen molar-refractivity contribution in [3.8, 4) is 11.7 Å². The first kappa shape index (κ1) is 10.9. The Morgan fingerprint density at radius 2 is 2.24 bits per heavy atom. The molecule has 17 heavy (non-hydrogen) atoms. The summed E-state index contributed by atoms with van der Waals surface area (Å²) in [5.74, 6) is 0.270. The molecule has 3 N–H and O–H groups in total. The van der Waals surface area contributed by atoms with E-state index in [1.54, 1.807) is 25.1 Å². The van der Waals surface area contributed by atoms with Gasteiger partial charge in [-0.1, -0.05) is 6.07 Å². The van der Waals surface area contributed by atoms with Crippen LogP contribution in [-0.2, 0) is 0 Å². The Bertz CT molecular complexity index is 564. The lowest BCUT2D eigenvalue weighted by Crippen LogP contribution is -2.08. The van der Waals surface area contributed by atoms with Gasteiger partial charge in [0.05, 0.1) is 0 Å². The number of carboxylic acid groups (broad SMARTS) is 1. The fourth-order valence-corrected chi connectivity index (χ4v) is 1.36. The highest BCUT2D eigenvalue weighted by atomic mass is 16.4. The van der Waals surface area contributed by atoms with Crippen LogP contribution in [0.25, 0.3) is 5.82 Å². The van der Waals surface area contributed by atoms with Crippen molar-refractivity contribution in [2.75, 3.05) is 5.32 Å². The van der Waals surface area contributed by atoms with Gasteiger partial charge in [-0.25, -0.2) is 9.78 Å². The molecule has 0 aliphatic carbocycles. The van der Waals surface area contributed by atoms with Gasteiger partial charge >= 0.3 is 6.09 Å². The maximum atomic E-state index is 10.4. The third-order valence-corrected chi connectivity index (χ3v) is 2.02. The number of amides is 1. The summed E-state index contributed by atoms with van der Waals surface area (Å²) in [6, 6.07) is 6.44. The number of nitrogens with zero attached hydrogens (tertiary/aromatic N) is 3. The second-order valence-electron chi connectivity index (χ2n) is 3.37. The number of anilines is 1. The summed E-state index contributed by atoms with van der Waals surface area (Å²) in [6.45, 7) is 1.81. The third kappa shape index (κ3) is 2.33. The number of nitrogens with one attached hydrogen (secondary N) is 1. The van der Waals surface area contributed by atoms with Crippen LogP contribution in [0.4, 0.5) is 10.6 Å².